The Morgan fingerprint density at radius 2 is 1.74 bits per heavy atom. The van der Waals surface area contributed by atoms with E-state index in [9.17, 15) is 0 Å². The van der Waals surface area contributed by atoms with Crippen molar-refractivity contribution in [3.63, 3.8) is 0 Å². The highest BCUT2D eigenvalue weighted by atomic mass is 32.2. The van der Waals surface area contributed by atoms with E-state index in [4.69, 9.17) is 0 Å². The Balaban J connectivity index is 1.66. The van der Waals surface area contributed by atoms with Gasteiger partial charge in [-0.25, -0.2) is 0 Å². The Morgan fingerprint density at radius 1 is 0.947 bits per heavy atom. The highest BCUT2D eigenvalue weighted by molar-refractivity contribution is 7.99. The first-order chi connectivity index (χ1) is 9.45. The van der Waals surface area contributed by atoms with Crippen LogP contribution in [0.25, 0.3) is 0 Å². The molecule has 2 rings (SSSR count). The molecule has 0 aromatic heterocycles. The average Bonchev–Trinajstić information content (AvgIpc) is 2.48. The summed E-state index contributed by atoms with van der Waals surface area (Å²) >= 11 is 1.79. The van der Waals surface area contributed by atoms with E-state index in [2.05, 4.69) is 29.8 Å². The van der Waals surface area contributed by atoms with Gasteiger partial charge in [0.25, 0.3) is 0 Å². The number of allylic oxidation sites excluding steroid dienone is 2. The predicted molar refractivity (Wildman–Crippen MR) is 85.0 cm³/mol. The molecule has 1 aliphatic carbocycles. The van der Waals surface area contributed by atoms with Crippen LogP contribution in [0.3, 0.4) is 0 Å². The molecule has 0 amide bonds. The SMILES string of the molecule is C(#CC1=CCCCC1)CSCC#Cc1ccccc1. The lowest BCUT2D eigenvalue weighted by Gasteiger charge is -2.05. The molecule has 96 valence electrons. The Morgan fingerprint density at radius 3 is 2.47 bits per heavy atom. The van der Waals surface area contributed by atoms with Gasteiger partial charge >= 0.3 is 0 Å². The molecular formula is C18H18S. The van der Waals surface area contributed by atoms with Gasteiger partial charge in [-0.3, -0.25) is 0 Å². The maximum Gasteiger partial charge on any atom is 0.0560 e. The van der Waals surface area contributed by atoms with Crippen LogP contribution in [-0.4, -0.2) is 11.5 Å². The van der Waals surface area contributed by atoms with Crippen LogP contribution in [0, 0.1) is 23.7 Å². The second kappa shape index (κ2) is 8.52. The lowest BCUT2D eigenvalue weighted by molar-refractivity contribution is 0.715. The van der Waals surface area contributed by atoms with E-state index in [1.165, 1.54) is 31.3 Å². The van der Waals surface area contributed by atoms with Crippen molar-refractivity contribution in [2.75, 3.05) is 11.5 Å². The summed E-state index contributed by atoms with van der Waals surface area (Å²) in [5.74, 6) is 14.6. The number of hydrogen-bond donors (Lipinski definition) is 0. The second-order valence-corrected chi connectivity index (χ2v) is 5.42. The van der Waals surface area contributed by atoms with E-state index in [1.54, 1.807) is 11.8 Å². The van der Waals surface area contributed by atoms with Crippen LogP contribution in [0.15, 0.2) is 42.0 Å². The molecule has 0 fully saturated rings. The molecule has 1 aromatic rings. The minimum atomic E-state index is 0.850. The molecule has 0 atom stereocenters. The van der Waals surface area contributed by atoms with Crippen molar-refractivity contribution in [3.05, 3.63) is 47.5 Å². The molecule has 1 heteroatoms. The number of rotatable bonds is 2. The number of benzene rings is 1. The molecule has 0 unspecified atom stereocenters. The molecule has 0 nitrogen and oxygen atoms in total. The topological polar surface area (TPSA) is 0 Å². The van der Waals surface area contributed by atoms with Gasteiger partial charge in [0.05, 0.1) is 11.5 Å². The first-order valence-corrected chi connectivity index (χ1v) is 7.90. The molecule has 0 heterocycles. The standard InChI is InChI=1S/C18H18S/c1-3-9-17(10-4-1)13-7-15-19-16-8-14-18-11-5-2-6-12-18/h1,3-4,9-11H,2,5-6,12,15-16H2. The van der Waals surface area contributed by atoms with E-state index < -0.39 is 0 Å². The van der Waals surface area contributed by atoms with Gasteiger partial charge in [-0.2, -0.15) is 0 Å². The molecule has 0 saturated heterocycles. The minimum Gasteiger partial charge on any atom is -0.136 e. The number of hydrogen-bond acceptors (Lipinski definition) is 1. The summed E-state index contributed by atoms with van der Waals surface area (Å²) in [6, 6.07) is 10.1. The quantitative estimate of drug-likeness (QED) is 0.569. The lowest BCUT2D eigenvalue weighted by Crippen LogP contribution is -1.88. The van der Waals surface area contributed by atoms with Crippen LogP contribution < -0.4 is 0 Å². The summed E-state index contributed by atoms with van der Waals surface area (Å²) in [6.45, 7) is 0. The minimum absolute atomic E-state index is 0.850. The first kappa shape index (κ1) is 13.9. The van der Waals surface area contributed by atoms with Crippen LogP contribution in [0.2, 0.25) is 0 Å². The molecular weight excluding hydrogens is 248 g/mol. The fourth-order valence-corrected chi connectivity index (χ4v) is 2.36. The Bertz CT molecular complexity index is 532. The van der Waals surface area contributed by atoms with Gasteiger partial charge in [-0.05, 0) is 43.4 Å². The molecule has 0 bridgehead atoms. The molecule has 1 aromatic carbocycles. The van der Waals surface area contributed by atoms with Crippen molar-refractivity contribution < 1.29 is 0 Å². The van der Waals surface area contributed by atoms with Crippen LogP contribution in [0.1, 0.15) is 31.2 Å². The largest absolute Gasteiger partial charge is 0.136 e. The average molecular weight is 266 g/mol. The molecule has 0 aliphatic heterocycles. The molecule has 19 heavy (non-hydrogen) atoms. The van der Waals surface area contributed by atoms with Gasteiger partial charge < -0.3 is 0 Å². The molecule has 0 saturated carbocycles. The normalized spacial score (nSPS) is 13.6. The summed E-state index contributed by atoms with van der Waals surface area (Å²) in [6.07, 6.45) is 7.30. The van der Waals surface area contributed by atoms with Gasteiger partial charge in [0, 0.05) is 5.56 Å². The van der Waals surface area contributed by atoms with Crippen LogP contribution >= 0.6 is 11.8 Å². The van der Waals surface area contributed by atoms with Crippen molar-refractivity contribution in [1.82, 2.24) is 0 Å². The third kappa shape index (κ3) is 5.73. The zero-order chi connectivity index (χ0) is 13.2. The zero-order valence-electron chi connectivity index (χ0n) is 11.1. The van der Waals surface area contributed by atoms with Crippen molar-refractivity contribution in [1.29, 1.82) is 0 Å². The summed E-state index contributed by atoms with van der Waals surface area (Å²) in [7, 11) is 0. The Hall–Kier alpha value is -1.57. The lowest BCUT2D eigenvalue weighted by atomic mass is 10.0. The molecule has 0 N–H and O–H groups in total. The van der Waals surface area contributed by atoms with Crippen LogP contribution in [0.4, 0.5) is 0 Å². The van der Waals surface area contributed by atoms with Crippen molar-refractivity contribution in [2.24, 2.45) is 0 Å². The van der Waals surface area contributed by atoms with Gasteiger partial charge in [0.15, 0.2) is 0 Å². The summed E-state index contributed by atoms with van der Waals surface area (Å²) in [4.78, 5) is 0. The van der Waals surface area contributed by atoms with Gasteiger partial charge in [0.1, 0.15) is 0 Å². The zero-order valence-corrected chi connectivity index (χ0v) is 11.9. The second-order valence-electron chi connectivity index (χ2n) is 4.44. The summed E-state index contributed by atoms with van der Waals surface area (Å²) in [5, 5.41) is 0. The smallest absolute Gasteiger partial charge is 0.0560 e. The van der Waals surface area contributed by atoms with Gasteiger partial charge in [-0.15, -0.1) is 11.8 Å². The highest BCUT2D eigenvalue weighted by Gasteiger charge is 1.98. The van der Waals surface area contributed by atoms with Crippen molar-refractivity contribution >= 4 is 11.8 Å². The van der Waals surface area contributed by atoms with E-state index in [-0.39, 0.29) is 0 Å². The van der Waals surface area contributed by atoms with E-state index >= 15 is 0 Å². The number of thioether (sulfide) groups is 1. The van der Waals surface area contributed by atoms with E-state index in [0.717, 1.165) is 17.1 Å². The van der Waals surface area contributed by atoms with Gasteiger partial charge in [-0.1, -0.05) is 48.0 Å². The Kier molecular flexibility index (Phi) is 6.21. The molecule has 1 aliphatic rings. The molecule has 0 radical (unpaired) electrons. The fraction of sp³-hybridized carbons (Fsp3) is 0.333. The third-order valence-corrected chi connectivity index (χ3v) is 3.59. The van der Waals surface area contributed by atoms with E-state index in [0.29, 0.717) is 0 Å². The molecule has 0 spiro atoms. The predicted octanol–water partition coefficient (Wildman–Crippen LogP) is 4.28. The van der Waals surface area contributed by atoms with Crippen LogP contribution in [0.5, 0.6) is 0 Å². The van der Waals surface area contributed by atoms with Crippen molar-refractivity contribution in [2.45, 2.75) is 25.7 Å². The first-order valence-electron chi connectivity index (χ1n) is 6.75. The maximum atomic E-state index is 3.27. The maximum absolute atomic E-state index is 3.27. The third-order valence-electron chi connectivity index (χ3n) is 2.89. The highest BCUT2D eigenvalue weighted by Crippen LogP contribution is 2.16. The van der Waals surface area contributed by atoms with Gasteiger partial charge in [0.2, 0.25) is 0 Å². The summed E-state index contributed by atoms with van der Waals surface area (Å²) in [5.41, 5.74) is 2.42. The Labute approximate surface area is 120 Å². The van der Waals surface area contributed by atoms with Crippen molar-refractivity contribution in [3.8, 4) is 23.7 Å². The van der Waals surface area contributed by atoms with Crippen LogP contribution in [-0.2, 0) is 0 Å². The fourth-order valence-electron chi connectivity index (χ4n) is 1.91. The van der Waals surface area contributed by atoms with E-state index in [1.807, 2.05) is 30.3 Å². The monoisotopic (exact) mass is 266 g/mol. The summed E-state index contributed by atoms with van der Waals surface area (Å²) < 4.78 is 0.